The molecule has 0 saturated heterocycles. The Bertz CT molecular complexity index is 1420. The minimum absolute atomic E-state index is 0.104. The highest BCUT2D eigenvalue weighted by atomic mass is 16.2. The number of carbonyl (C=O) groups excluding carboxylic acids is 2. The first kappa shape index (κ1) is 20.9. The third-order valence-electron chi connectivity index (χ3n) is 6.83. The van der Waals surface area contributed by atoms with E-state index in [2.05, 4.69) is 20.3 Å². The Labute approximate surface area is 196 Å². The van der Waals surface area contributed by atoms with Crippen LogP contribution in [0.3, 0.4) is 0 Å². The fourth-order valence-corrected chi connectivity index (χ4v) is 4.93. The molecule has 2 saturated carbocycles. The number of aryl methyl sites for hydroxylation is 3. The molecular weight excluding hydrogens is 432 g/mol. The number of aromatic nitrogens is 6. The predicted molar refractivity (Wildman–Crippen MR) is 128 cm³/mol. The van der Waals surface area contributed by atoms with Crippen LogP contribution in [0.25, 0.3) is 22.1 Å². The van der Waals surface area contributed by atoms with Crippen molar-refractivity contribution in [1.82, 2.24) is 33.8 Å². The Morgan fingerprint density at radius 2 is 1.91 bits per heavy atom. The molecule has 0 aliphatic heterocycles. The number of carbonyl (C=O) groups is 2. The van der Waals surface area contributed by atoms with E-state index in [-0.39, 0.29) is 5.91 Å². The predicted octanol–water partition coefficient (Wildman–Crippen LogP) is 3.48. The van der Waals surface area contributed by atoms with Gasteiger partial charge in [0.2, 0.25) is 0 Å². The lowest BCUT2D eigenvalue weighted by Crippen LogP contribution is -2.36. The second kappa shape index (κ2) is 7.68. The molecule has 1 amide bonds. The summed E-state index contributed by atoms with van der Waals surface area (Å²) in [6.07, 6.45) is 6.94. The van der Waals surface area contributed by atoms with E-state index in [0.29, 0.717) is 53.7 Å². The van der Waals surface area contributed by atoms with Crippen molar-refractivity contribution in [3.8, 4) is 0 Å². The molecule has 6 rings (SSSR count). The van der Waals surface area contributed by atoms with Crippen LogP contribution in [0.15, 0.2) is 18.5 Å². The molecule has 0 atom stereocenters. The first-order valence-electron chi connectivity index (χ1n) is 12.0. The van der Waals surface area contributed by atoms with Gasteiger partial charge in [-0.05, 0) is 45.6 Å². The molecule has 4 aromatic heterocycles. The summed E-state index contributed by atoms with van der Waals surface area (Å²) in [4.78, 5) is 36.7. The maximum atomic E-state index is 13.7. The molecule has 4 heterocycles. The standard InChI is InChI=1S/C24H28N8O2/c1-4-30-18(24(34)32(14-6-7-14)15-8-9-15)11-17-21-20(25-13-29(21)3)22(27-23(17)30)26-19-10-16(12-33)31(5-2)28-19/h10-15H,4-9H2,1-3H3,(H,26,27,28). The highest BCUT2D eigenvalue weighted by Crippen LogP contribution is 2.39. The molecule has 2 aliphatic carbocycles. The second-order valence-corrected chi connectivity index (χ2v) is 9.21. The first-order chi connectivity index (χ1) is 16.5. The Kier molecular flexibility index (Phi) is 4.72. The van der Waals surface area contributed by atoms with Gasteiger partial charge in [-0.3, -0.25) is 14.3 Å². The van der Waals surface area contributed by atoms with Crippen LogP contribution in [0.1, 0.15) is 60.5 Å². The van der Waals surface area contributed by atoms with Gasteiger partial charge in [-0.25, -0.2) is 9.97 Å². The number of imidazole rings is 1. The number of hydrogen-bond acceptors (Lipinski definition) is 6. The van der Waals surface area contributed by atoms with E-state index >= 15 is 0 Å². The number of fused-ring (bicyclic) bond motifs is 3. The summed E-state index contributed by atoms with van der Waals surface area (Å²) < 4.78 is 5.60. The molecule has 0 radical (unpaired) electrons. The lowest BCUT2D eigenvalue weighted by molar-refractivity contribution is 0.0719. The lowest BCUT2D eigenvalue weighted by atomic mass is 10.2. The van der Waals surface area contributed by atoms with Crippen LogP contribution in [0.5, 0.6) is 0 Å². The van der Waals surface area contributed by atoms with E-state index in [1.54, 1.807) is 17.1 Å². The Morgan fingerprint density at radius 3 is 2.50 bits per heavy atom. The third kappa shape index (κ3) is 3.19. The van der Waals surface area contributed by atoms with Gasteiger partial charge in [-0.2, -0.15) is 5.10 Å². The largest absolute Gasteiger partial charge is 0.333 e. The van der Waals surface area contributed by atoms with Crippen LogP contribution >= 0.6 is 0 Å². The quantitative estimate of drug-likeness (QED) is 0.404. The third-order valence-corrected chi connectivity index (χ3v) is 6.83. The summed E-state index contributed by atoms with van der Waals surface area (Å²) in [5.74, 6) is 1.18. The summed E-state index contributed by atoms with van der Waals surface area (Å²) in [6, 6.07) is 4.45. The summed E-state index contributed by atoms with van der Waals surface area (Å²) >= 11 is 0. The highest BCUT2D eigenvalue weighted by molar-refractivity contribution is 6.10. The summed E-state index contributed by atoms with van der Waals surface area (Å²) in [5.41, 5.74) is 3.52. The van der Waals surface area contributed by atoms with Crippen LogP contribution in [-0.4, -0.2) is 58.1 Å². The minimum Gasteiger partial charge on any atom is -0.333 e. The molecule has 0 bridgehead atoms. The van der Waals surface area contributed by atoms with E-state index < -0.39 is 0 Å². The molecule has 4 aromatic rings. The highest BCUT2D eigenvalue weighted by Gasteiger charge is 2.43. The fraction of sp³-hybridized carbons (Fsp3) is 0.458. The van der Waals surface area contributed by atoms with Crippen molar-refractivity contribution < 1.29 is 9.59 Å². The van der Waals surface area contributed by atoms with E-state index in [9.17, 15) is 9.59 Å². The average Bonchev–Trinajstić information content (AvgIpc) is 3.75. The molecule has 0 unspecified atom stereocenters. The number of pyridine rings is 1. The first-order valence-corrected chi connectivity index (χ1v) is 12.0. The number of amides is 1. The van der Waals surface area contributed by atoms with E-state index in [1.165, 1.54) is 0 Å². The van der Waals surface area contributed by atoms with Crippen molar-refractivity contribution >= 4 is 45.9 Å². The molecule has 0 spiro atoms. The average molecular weight is 461 g/mol. The van der Waals surface area contributed by atoms with Crippen molar-refractivity contribution in [2.24, 2.45) is 7.05 Å². The number of nitrogens with one attached hydrogen (secondary N) is 1. The molecule has 10 nitrogen and oxygen atoms in total. The number of aldehydes is 1. The van der Waals surface area contributed by atoms with Gasteiger partial charge in [0.15, 0.2) is 17.9 Å². The molecule has 0 aromatic carbocycles. The second-order valence-electron chi connectivity index (χ2n) is 9.21. The fourth-order valence-electron chi connectivity index (χ4n) is 4.93. The van der Waals surface area contributed by atoms with Crippen LogP contribution in [0.4, 0.5) is 11.6 Å². The molecule has 10 heteroatoms. The van der Waals surface area contributed by atoms with Crippen LogP contribution < -0.4 is 5.32 Å². The normalized spacial score (nSPS) is 15.9. The van der Waals surface area contributed by atoms with Gasteiger partial charge in [-0.1, -0.05) is 0 Å². The van der Waals surface area contributed by atoms with Crippen molar-refractivity contribution in [2.75, 3.05) is 5.32 Å². The maximum Gasteiger partial charge on any atom is 0.271 e. The van der Waals surface area contributed by atoms with Crippen LogP contribution in [0, 0.1) is 0 Å². The Morgan fingerprint density at radius 1 is 1.18 bits per heavy atom. The van der Waals surface area contributed by atoms with E-state index in [4.69, 9.17) is 4.98 Å². The van der Waals surface area contributed by atoms with Crippen molar-refractivity contribution in [3.05, 3.63) is 29.8 Å². The Hall–Kier alpha value is -3.69. The minimum atomic E-state index is 0.104. The summed E-state index contributed by atoms with van der Waals surface area (Å²) in [6.45, 7) is 5.19. The van der Waals surface area contributed by atoms with Crippen molar-refractivity contribution in [3.63, 3.8) is 0 Å². The molecule has 2 aliphatic rings. The number of hydrogen-bond donors (Lipinski definition) is 1. The van der Waals surface area contributed by atoms with Gasteiger partial charge in [-0.15, -0.1) is 0 Å². The topological polar surface area (TPSA) is 103 Å². The number of nitrogens with zero attached hydrogens (tertiary/aromatic N) is 7. The molecule has 176 valence electrons. The summed E-state index contributed by atoms with van der Waals surface area (Å²) in [5, 5.41) is 8.64. The SMILES string of the molecule is CCn1nc(Nc2nc3c(cc(C(=O)N(C4CC4)C4CC4)n3CC)c3c2ncn3C)cc1C=O. The lowest BCUT2D eigenvalue weighted by Gasteiger charge is -2.22. The van der Waals surface area contributed by atoms with Gasteiger partial charge in [0, 0.05) is 43.7 Å². The van der Waals surface area contributed by atoms with E-state index in [1.807, 2.05) is 36.1 Å². The maximum absolute atomic E-state index is 13.7. The van der Waals surface area contributed by atoms with Crippen molar-refractivity contribution in [2.45, 2.75) is 64.7 Å². The number of anilines is 2. The molecular formula is C24H28N8O2. The van der Waals surface area contributed by atoms with Gasteiger partial charge in [0.1, 0.15) is 22.6 Å². The van der Waals surface area contributed by atoms with Gasteiger partial charge in [0.25, 0.3) is 5.91 Å². The molecule has 34 heavy (non-hydrogen) atoms. The van der Waals surface area contributed by atoms with Gasteiger partial charge in [0.05, 0.1) is 11.8 Å². The zero-order valence-electron chi connectivity index (χ0n) is 19.7. The van der Waals surface area contributed by atoms with Crippen LogP contribution in [0.2, 0.25) is 0 Å². The smallest absolute Gasteiger partial charge is 0.271 e. The Balaban J connectivity index is 1.50. The van der Waals surface area contributed by atoms with Crippen molar-refractivity contribution in [1.29, 1.82) is 0 Å². The molecule has 2 fully saturated rings. The monoisotopic (exact) mass is 460 g/mol. The summed E-state index contributed by atoms with van der Waals surface area (Å²) in [7, 11) is 1.94. The van der Waals surface area contributed by atoms with Gasteiger partial charge < -0.3 is 19.4 Å². The zero-order chi connectivity index (χ0) is 23.6. The molecule has 1 N–H and O–H groups in total. The van der Waals surface area contributed by atoms with Crippen LogP contribution in [-0.2, 0) is 20.1 Å². The number of rotatable bonds is 8. The van der Waals surface area contributed by atoms with E-state index in [0.717, 1.165) is 48.5 Å². The zero-order valence-corrected chi connectivity index (χ0v) is 19.7. The van der Waals surface area contributed by atoms with Gasteiger partial charge >= 0.3 is 0 Å².